The van der Waals surface area contributed by atoms with Crippen molar-refractivity contribution in [3.63, 3.8) is 0 Å². The largest absolute Gasteiger partial charge is 0.466 e. The third-order valence-corrected chi connectivity index (χ3v) is 5.21. The van der Waals surface area contributed by atoms with Crippen molar-refractivity contribution in [3.8, 4) is 11.5 Å². The maximum atomic E-state index is 11.6. The van der Waals surface area contributed by atoms with Gasteiger partial charge in [-0.25, -0.2) is 4.98 Å². The Morgan fingerprint density at radius 1 is 1.16 bits per heavy atom. The molecule has 0 fully saturated rings. The van der Waals surface area contributed by atoms with E-state index in [4.69, 9.17) is 19.1 Å². The van der Waals surface area contributed by atoms with E-state index < -0.39 is 0 Å². The zero-order valence-corrected chi connectivity index (χ0v) is 18.2. The Bertz CT molecular complexity index is 1280. The average Bonchev–Trinajstić information content (AvgIpc) is 2.76. The van der Waals surface area contributed by atoms with E-state index in [2.05, 4.69) is 25.2 Å². The SMILES string of the molecule is CCNc1cc2oc3cc(=NCCCC(=O)OCC)c4ccccc4c-3nc2cc1C. The second-order valence-corrected chi connectivity index (χ2v) is 7.46. The maximum absolute atomic E-state index is 11.6. The van der Waals surface area contributed by atoms with Gasteiger partial charge < -0.3 is 14.5 Å². The topological polar surface area (TPSA) is 76.7 Å². The summed E-state index contributed by atoms with van der Waals surface area (Å²) >= 11 is 0. The molecule has 2 aliphatic rings. The summed E-state index contributed by atoms with van der Waals surface area (Å²) in [5, 5.41) is 6.23. The molecule has 2 aromatic carbocycles. The van der Waals surface area contributed by atoms with Crippen LogP contribution >= 0.6 is 0 Å². The van der Waals surface area contributed by atoms with Crippen LogP contribution in [0.4, 0.5) is 5.69 Å². The quantitative estimate of drug-likeness (QED) is 0.197. The Labute approximate surface area is 181 Å². The molecule has 1 heterocycles. The number of rotatable bonds is 7. The lowest BCUT2D eigenvalue weighted by molar-refractivity contribution is -0.143. The molecule has 1 aliphatic heterocycles. The van der Waals surface area contributed by atoms with E-state index in [1.165, 1.54) is 0 Å². The van der Waals surface area contributed by atoms with Crippen molar-refractivity contribution in [1.82, 2.24) is 4.98 Å². The zero-order valence-electron chi connectivity index (χ0n) is 18.2. The summed E-state index contributed by atoms with van der Waals surface area (Å²) in [5.41, 5.74) is 4.57. The van der Waals surface area contributed by atoms with E-state index in [0.717, 1.165) is 50.7 Å². The van der Waals surface area contributed by atoms with Gasteiger partial charge in [0.1, 0.15) is 11.2 Å². The van der Waals surface area contributed by atoms with Gasteiger partial charge in [-0.1, -0.05) is 24.3 Å². The summed E-state index contributed by atoms with van der Waals surface area (Å²) < 4.78 is 11.3. The molecule has 4 rings (SSSR count). The van der Waals surface area contributed by atoms with Gasteiger partial charge in [-0.3, -0.25) is 9.79 Å². The number of carbonyl (C=O) groups is 1. The third-order valence-electron chi connectivity index (χ3n) is 5.21. The molecule has 1 aliphatic carbocycles. The first-order valence-electron chi connectivity index (χ1n) is 10.8. The third kappa shape index (κ3) is 4.38. The van der Waals surface area contributed by atoms with Crippen LogP contribution in [0.25, 0.3) is 33.3 Å². The van der Waals surface area contributed by atoms with Crippen molar-refractivity contribution in [2.24, 2.45) is 4.99 Å². The van der Waals surface area contributed by atoms with E-state index in [0.29, 0.717) is 31.8 Å². The van der Waals surface area contributed by atoms with E-state index in [-0.39, 0.29) is 5.97 Å². The van der Waals surface area contributed by atoms with Crippen molar-refractivity contribution < 1.29 is 13.9 Å². The lowest BCUT2D eigenvalue weighted by Gasteiger charge is -2.13. The predicted molar refractivity (Wildman–Crippen MR) is 123 cm³/mol. The van der Waals surface area contributed by atoms with Crippen LogP contribution in [0.1, 0.15) is 32.3 Å². The lowest BCUT2D eigenvalue weighted by Crippen LogP contribution is -2.09. The summed E-state index contributed by atoms with van der Waals surface area (Å²) in [6.07, 6.45) is 1.01. The minimum absolute atomic E-state index is 0.182. The van der Waals surface area contributed by atoms with Gasteiger partial charge >= 0.3 is 5.97 Å². The molecule has 0 radical (unpaired) electrons. The van der Waals surface area contributed by atoms with Crippen molar-refractivity contribution in [1.29, 1.82) is 0 Å². The van der Waals surface area contributed by atoms with Crippen molar-refractivity contribution in [2.45, 2.75) is 33.6 Å². The number of hydrogen-bond acceptors (Lipinski definition) is 6. The summed E-state index contributed by atoms with van der Waals surface area (Å²) in [5.74, 6) is 0.514. The first-order chi connectivity index (χ1) is 15.1. The molecule has 0 saturated heterocycles. The van der Waals surface area contributed by atoms with Gasteiger partial charge in [0.25, 0.3) is 0 Å². The number of nitrogens with zero attached hydrogens (tertiary/aromatic N) is 2. The molecule has 0 saturated carbocycles. The lowest BCUT2D eigenvalue weighted by atomic mass is 10.0. The van der Waals surface area contributed by atoms with Crippen LogP contribution in [0, 0.1) is 6.92 Å². The summed E-state index contributed by atoms with van der Waals surface area (Å²) in [6, 6.07) is 14.1. The Balaban J connectivity index is 1.80. The molecule has 6 nitrogen and oxygen atoms in total. The summed E-state index contributed by atoms with van der Waals surface area (Å²) in [4.78, 5) is 21.2. The minimum Gasteiger partial charge on any atom is -0.466 e. The molecular formula is C25H27N3O3. The number of fused-ring (bicyclic) bond motifs is 4. The maximum Gasteiger partial charge on any atom is 0.305 e. The molecule has 1 N–H and O–H groups in total. The first kappa shape index (κ1) is 20.8. The van der Waals surface area contributed by atoms with Crippen LogP contribution in [0.3, 0.4) is 0 Å². The smallest absolute Gasteiger partial charge is 0.305 e. The average molecular weight is 418 g/mol. The van der Waals surface area contributed by atoms with Gasteiger partial charge in [0.2, 0.25) is 0 Å². The van der Waals surface area contributed by atoms with E-state index in [1.54, 1.807) is 0 Å². The van der Waals surface area contributed by atoms with Crippen LogP contribution in [-0.2, 0) is 9.53 Å². The van der Waals surface area contributed by atoms with Crippen LogP contribution < -0.4 is 10.7 Å². The van der Waals surface area contributed by atoms with Crippen LogP contribution in [0.5, 0.6) is 0 Å². The molecule has 160 valence electrons. The molecule has 6 heteroatoms. The number of carbonyl (C=O) groups excluding carboxylic acids is 1. The Morgan fingerprint density at radius 2 is 1.97 bits per heavy atom. The number of aryl methyl sites for hydroxylation is 1. The van der Waals surface area contributed by atoms with Crippen molar-refractivity contribution >= 4 is 33.5 Å². The summed E-state index contributed by atoms with van der Waals surface area (Å²) in [6.45, 7) is 7.74. The van der Waals surface area contributed by atoms with Gasteiger partial charge in [0, 0.05) is 48.1 Å². The fraction of sp³-hybridized carbons (Fsp3) is 0.320. The number of ether oxygens (including phenoxy) is 1. The summed E-state index contributed by atoms with van der Waals surface area (Å²) in [7, 11) is 0. The number of aromatic nitrogens is 1. The van der Waals surface area contributed by atoms with Crippen LogP contribution in [0.15, 0.2) is 51.9 Å². The number of hydrogen-bond donors (Lipinski definition) is 1. The molecule has 0 spiro atoms. The fourth-order valence-corrected chi connectivity index (χ4v) is 3.76. The van der Waals surface area contributed by atoms with Crippen molar-refractivity contribution in [3.05, 3.63) is 53.4 Å². The molecular weight excluding hydrogens is 390 g/mol. The van der Waals surface area contributed by atoms with Crippen molar-refractivity contribution in [2.75, 3.05) is 25.0 Å². The minimum atomic E-state index is -0.182. The Kier molecular flexibility index (Phi) is 6.16. The highest BCUT2D eigenvalue weighted by Crippen LogP contribution is 2.32. The molecule has 31 heavy (non-hydrogen) atoms. The molecule has 0 amide bonds. The number of nitrogens with one attached hydrogen (secondary N) is 1. The Hall–Kier alpha value is -3.41. The van der Waals surface area contributed by atoms with Gasteiger partial charge in [-0.05, 0) is 38.8 Å². The second-order valence-electron chi connectivity index (χ2n) is 7.46. The molecule has 0 bridgehead atoms. The Morgan fingerprint density at radius 3 is 2.74 bits per heavy atom. The zero-order chi connectivity index (χ0) is 21.8. The van der Waals surface area contributed by atoms with Crippen LogP contribution in [0.2, 0.25) is 0 Å². The highest BCUT2D eigenvalue weighted by Gasteiger charge is 2.15. The number of benzene rings is 3. The fourth-order valence-electron chi connectivity index (χ4n) is 3.76. The highest BCUT2D eigenvalue weighted by atomic mass is 16.5. The predicted octanol–water partition coefficient (Wildman–Crippen LogP) is 5.07. The van der Waals surface area contributed by atoms with Gasteiger partial charge in [-0.2, -0.15) is 0 Å². The van der Waals surface area contributed by atoms with E-state index in [1.807, 2.05) is 43.3 Å². The van der Waals surface area contributed by atoms with E-state index >= 15 is 0 Å². The van der Waals surface area contributed by atoms with Crippen LogP contribution in [-0.4, -0.2) is 30.6 Å². The van der Waals surface area contributed by atoms with E-state index in [9.17, 15) is 4.79 Å². The molecule has 0 aromatic heterocycles. The molecule has 2 aromatic rings. The second kappa shape index (κ2) is 9.16. The monoisotopic (exact) mass is 417 g/mol. The number of esters is 1. The van der Waals surface area contributed by atoms with Gasteiger partial charge in [0.05, 0.1) is 12.0 Å². The molecule has 0 unspecified atom stereocenters. The first-order valence-corrected chi connectivity index (χ1v) is 10.8. The molecule has 0 atom stereocenters. The van der Waals surface area contributed by atoms with Gasteiger partial charge in [-0.15, -0.1) is 0 Å². The van der Waals surface area contributed by atoms with Gasteiger partial charge in [0.15, 0.2) is 11.3 Å². The highest BCUT2D eigenvalue weighted by molar-refractivity contribution is 5.96. The number of anilines is 1. The standard InChI is InChI=1S/C25H27N3O3/c1-4-26-19-14-22-21(13-16(19)3)28-25-18-10-7-6-9-17(18)20(15-23(25)31-22)27-12-8-11-24(29)30-5-2/h6-7,9-10,13-15,26H,4-5,8,11-12H2,1-3H3. The normalized spacial score (nSPS) is 12.0.